The molecule has 572 valence electrons. The van der Waals surface area contributed by atoms with Crippen molar-refractivity contribution in [2.45, 2.75) is 235 Å². The molecule has 0 aliphatic carbocycles. The monoisotopic (exact) mass is 1430 g/mol. The summed E-state index contributed by atoms with van der Waals surface area (Å²) in [6, 6.07) is -7.85. The molecule has 2 aromatic heterocycles. The lowest BCUT2D eigenvalue weighted by Crippen LogP contribution is -2.63. The number of oxime groups is 1. The van der Waals surface area contributed by atoms with Crippen molar-refractivity contribution in [3.8, 4) is 11.5 Å². The summed E-state index contributed by atoms with van der Waals surface area (Å²) in [5.41, 5.74) is 1.36. The SMILES string of the molecule is CC=CC[C@@H](C)[C@@H](O)[C@H]1C(=O)N[C@@H](CC)C(=O)N(C)CC(=O)N(C)[C@@H]([C@@H](C)OCCCC=NOCc2ccc(-c3ccno3)nc2)C(=O)N[C@@H](C(C)C)C(=O)N(C)[C@@H](CC(C)C)C(=O)N[C@@H](C)C(=O)N[C@H](C)C(=O)N(C)[C@@H](CC(C)C)C(=O)N(C)[C@@H](CC(C)C)C(=O)N(C)[C@@H](C(C)C)C(=O)N1C. The Balaban J connectivity index is 2.22. The minimum absolute atomic E-state index is 0.0277. The maximum atomic E-state index is 15.3. The van der Waals surface area contributed by atoms with Crippen molar-refractivity contribution >= 4 is 71.2 Å². The number of aliphatic hydroxyl groups is 1. The van der Waals surface area contributed by atoms with E-state index in [4.69, 9.17) is 14.1 Å². The normalized spacial score (nSPS) is 24.7. The number of allylic oxidation sites excluding steroid dienone is 2. The highest BCUT2D eigenvalue weighted by molar-refractivity contribution is 5.99. The van der Waals surface area contributed by atoms with Crippen molar-refractivity contribution < 1.29 is 71.9 Å². The van der Waals surface area contributed by atoms with Crippen LogP contribution in [0.2, 0.25) is 0 Å². The molecule has 1 saturated heterocycles. The Labute approximate surface area is 604 Å². The zero-order chi connectivity index (χ0) is 77.3. The van der Waals surface area contributed by atoms with Gasteiger partial charge in [-0.25, -0.2) is 0 Å². The van der Waals surface area contributed by atoms with Crippen molar-refractivity contribution in [1.29, 1.82) is 0 Å². The molecule has 0 unspecified atom stereocenters. The van der Waals surface area contributed by atoms with Crippen molar-refractivity contribution in [3.63, 3.8) is 0 Å². The van der Waals surface area contributed by atoms with E-state index in [1.165, 1.54) is 89.0 Å². The Morgan fingerprint density at radius 1 is 0.608 bits per heavy atom. The molecule has 13 atom stereocenters. The lowest BCUT2D eigenvalue weighted by Gasteiger charge is -2.41. The van der Waals surface area contributed by atoms with Gasteiger partial charge in [-0.1, -0.05) is 112 Å². The summed E-state index contributed by atoms with van der Waals surface area (Å²) < 4.78 is 11.4. The highest BCUT2D eigenvalue weighted by Gasteiger charge is 2.46. The molecule has 1 fully saturated rings. The molecule has 3 heterocycles. The first-order valence-corrected chi connectivity index (χ1v) is 35.7. The minimum atomic E-state index is -1.66. The quantitative estimate of drug-likeness (QED) is 0.0437. The average Bonchev–Trinajstić information content (AvgIpc) is 0.809. The third kappa shape index (κ3) is 25.0. The number of carbonyl (C=O) groups excluding carboxylic acids is 11. The third-order valence-electron chi connectivity index (χ3n) is 18.5. The summed E-state index contributed by atoms with van der Waals surface area (Å²) >= 11 is 0. The molecule has 5 N–H and O–H groups in total. The van der Waals surface area contributed by atoms with Crippen LogP contribution in [-0.4, -0.2) is 256 Å². The molecule has 1 aliphatic heterocycles. The van der Waals surface area contributed by atoms with Gasteiger partial charge in [0.25, 0.3) is 0 Å². The van der Waals surface area contributed by atoms with Gasteiger partial charge in [0, 0.05) is 80.0 Å². The smallest absolute Gasteiger partial charge is 0.246 e. The van der Waals surface area contributed by atoms with Crippen LogP contribution in [0.25, 0.3) is 11.5 Å². The Kier molecular flexibility index (Phi) is 35.9. The van der Waals surface area contributed by atoms with Gasteiger partial charge in [-0.3, -0.25) is 57.7 Å². The molecular formula is C73H120N14O15. The van der Waals surface area contributed by atoms with E-state index >= 15 is 24.0 Å². The van der Waals surface area contributed by atoms with E-state index < -0.39 is 162 Å². The van der Waals surface area contributed by atoms with Crippen molar-refractivity contribution in [1.82, 2.24) is 65.7 Å². The lowest BCUT2D eigenvalue weighted by atomic mass is 9.91. The van der Waals surface area contributed by atoms with Crippen LogP contribution >= 0.6 is 0 Å². The third-order valence-corrected chi connectivity index (χ3v) is 18.5. The maximum Gasteiger partial charge on any atom is 0.246 e. The van der Waals surface area contributed by atoms with E-state index in [2.05, 4.69) is 36.6 Å². The van der Waals surface area contributed by atoms with Crippen LogP contribution in [0, 0.1) is 35.5 Å². The first kappa shape index (κ1) is 87.9. The van der Waals surface area contributed by atoms with Gasteiger partial charge < -0.3 is 74.8 Å². The number of hydrogen-bond acceptors (Lipinski definition) is 18. The van der Waals surface area contributed by atoms with E-state index in [0.717, 1.165) is 20.3 Å². The van der Waals surface area contributed by atoms with Crippen LogP contribution in [0.15, 0.2) is 52.4 Å². The number of ether oxygens (including phenoxy) is 1. The summed E-state index contributed by atoms with van der Waals surface area (Å²) in [5, 5.41) is 31.0. The fourth-order valence-electron chi connectivity index (χ4n) is 12.2. The zero-order valence-electron chi connectivity index (χ0n) is 64.7. The molecule has 2 aromatic rings. The first-order valence-electron chi connectivity index (χ1n) is 35.7. The van der Waals surface area contributed by atoms with Crippen LogP contribution < -0.4 is 21.3 Å². The van der Waals surface area contributed by atoms with Crippen LogP contribution in [0.4, 0.5) is 0 Å². The highest BCUT2D eigenvalue weighted by Crippen LogP contribution is 2.26. The van der Waals surface area contributed by atoms with E-state index in [9.17, 15) is 33.9 Å². The summed E-state index contributed by atoms with van der Waals surface area (Å²) in [4.78, 5) is 181. The molecule has 29 heteroatoms. The van der Waals surface area contributed by atoms with Crippen molar-refractivity contribution in [2.75, 3.05) is 62.5 Å². The summed E-state index contributed by atoms with van der Waals surface area (Å²) in [5.74, 6) is -9.90. The number of carbonyl (C=O) groups is 11. The number of aromatic nitrogens is 2. The second kappa shape index (κ2) is 41.7. The van der Waals surface area contributed by atoms with Crippen molar-refractivity contribution in [3.05, 3.63) is 48.3 Å². The first-order chi connectivity index (χ1) is 47.7. The van der Waals surface area contributed by atoms with E-state index in [1.807, 2.05) is 47.6 Å². The number of hydrogen-bond donors (Lipinski definition) is 5. The summed E-state index contributed by atoms with van der Waals surface area (Å²) in [6.07, 6.45) is 7.05. The predicted octanol–water partition coefficient (Wildman–Crippen LogP) is 4.66. The summed E-state index contributed by atoms with van der Waals surface area (Å²) in [6.45, 7) is 27.1. The second-order valence-electron chi connectivity index (χ2n) is 29.1. The Morgan fingerprint density at radius 3 is 1.69 bits per heavy atom. The number of unbranched alkanes of at least 4 members (excludes halogenated alkanes) is 1. The van der Waals surface area contributed by atoms with Gasteiger partial charge in [0.05, 0.1) is 24.9 Å². The van der Waals surface area contributed by atoms with Crippen LogP contribution in [0.5, 0.6) is 0 Å². The number of nitrogens with one attached hydrogen (secondary N) is 4. The van der Waals surface area contributed by atoms with Gasteiger partial charge in [0.2, 0.25) is 65.0 Å². The fourth-order valence-corrected chi connectivity index (χ4v) is 12.2. The van der Waals surface area contributed by atoms with E-state index in [0.29, 0.717) is 24.3 Å². The predicted molar refractivity (Wildman–Crippen MR) is 387 cm³/mol. The van der Waals surface area contributed by atoms with Gasteiger partial charge in [0.15, 0.2) is 5.76 Å². The number of nitrogens with zero attached hydrogens (tertiary/aromatic N) is 10. The Bertz CT molecular complexity index is 3140. The Morgan fingerprint density at radius 2 is 1.16 bits per heavy atom. The molecule has 0 spiro atoms. The molecule has 102 heavy (non-hydrogen) atoms. The standard InChI is InChI=1S/C73H120N14O15/c1-24-26-29-47(13)63(89)62-67(93)79-52(25-2)69(95)81(17)40-58(88)85(21)61(50(16)100-35-28-27-33-75-101-41-51-30-31-53(74-39-51)57-32-34-76-102-57)66(92)80-59(45(9)10)72(98)82(18)54(36-42(3)4)65(91)77-48(14)64(90)78-49(15)68(94)83(19)55(37-43(5)6)70(96)84(20)56(38-44(7)8)71(97)86(22)60(46(11)12)73(99)87(62)23/h24,26,30-34,39,42-50,52,54-56,59-63,89H,25,27-29,35-38,40-41H2,1-23H3,(H,77,91)(H,78,90)(H,79,93)(H,80,92)/t47-,48+,49-,50-,52+,54+,55+,56+,59+,60+,61+,62+,63-/m1/s1. The second-order valence-corrected chi connectivity index (χ2v) is 29.1. The topological polar surface area (TPSA) is 349 Å². The van der Waals surface area contributed by atoms with Gasteiger partial charge in [-0.05, 0) is 114 Å². The number of aliphatic hydroxyl groups excluding tert-OH is 1. The van der Waals surface area contributed by atoms with Crippen molar-refractivity contribution in [2.24, 2.45) is 40.7 Å². The fraction of sp³-hybridized carbons (Fsp3) is 0.699. The summed E-state index contributed by atoms with van der Waals surface area (Å²) in [7, 11) is 9.75. The Hall–Kier alpha value is -8.34. The number of rotatable bonds is 23. The van der Waals surface area contributed by atoms with Crippen LogP contribution in [0.1, 0.15) is 161 Å². The molecule has 3 rings (SSSR count). The molecule has 1 aliphatic rings. The molecular weight excluding hydrogens is 1310 g/mol. The molecule has 0 radical (unpaired) electrons. The number of pyridine rings is 1. The van der Waals surface area contributed by atoms with Gasteiger partial charge in [-0.2, -0.15) is 0 Å². The lowest BCUT2D eigenvalue weighted by molar-refractivity contribution is -0.157. The molecule has 0 saturated carbocycles. The zero-order valence-corrected chi connectivity index (χ0v) is 64.7. The molecule has 0 bridgehead atoms. The minimum Gasteiger partial charge on any atom is -0.391 e. The van der Waals surface area contributed by atoms with Crippen LogP contribution in [0.3, 0.4) is 0 Å². The number of likely N-dealkylation sites (N-methyl/N-ethyl adjacent to an activating group) is 7. The highest BCUT2D eigenvalue weighted by atomic mass is 16.6. The molecule has 11 amide bonds. The van der Waals surface area contributed by atoms with Gasteiger partial charge >= 0.3 is 0 Å². The number of amides is 11. The van der Waals surface area contributed by atoms with E-state index in [1.54, 1.807) is 92.1 Å². The molecule has 29 nitrogen and oxygen atoms in total. The molecule has 0 aromatic carbocycles. The van der Waals surface area contributed by atoms with Crippen LogP contribution in [-0.2, 0) is 68.9 Å². The largest absolute Gasteiger partial charge is 0.391 e. The maximum absolute atomic E-state index is 15.3. The average molecular weight is 1430 g/mol. The van der Waals surface area contributed by atoms with E-state index in [-0.39, 0.29) is 63.1 Å². The van der Waals surface area contributed by atoms with Gasteiger partial charge in [-0.15, -0.1) is 0 Å². The van der Waals surface area contributed by atoms with Gasteiger partial charge in [0.1, 0.15) is 72.7 Å².